The topological polar surface area (TPSA) is 131 Å². The predicted octanol–water partition coefficient (Wildman–Crippen LogP) is 4.35. The van der Waals surface area contributed by atoms with Crippen molar-refractivity contribution in [3.05, 3.63) is 59.2 Å². The molecule has 8 nitrogen and oxygen atoms in total. The number of phosphoric acid groups is 1. The van der Waals surface area contributed by atoms with Gasteiger partial charge in [-0.1, -0.05) is 18.2 Å². The summed E-state index contributed by atoms with van der Waals surface area (Å²) in [6, 6.07) is 8.44. The van der Waals surface area contributed by atoms with E-state index in [2.05, 4.69) is 9.26 Å². The van der Waals surface area contributed by atoms with Gasteiger partial charge in [-0.2, -0.15) is 13.2 Å². The smallest absolute Gasteiger partial charge is 0.493 e. The molecular weight excluding hydrogens is 535 g/mol. The van der Waals surface area contributed by atoms with Gasteiger partial charge in [0.1, 0.15) is 11.5 Å². The molecule has 0 spiro atoms. The van der Waals surface area contributed by atoms with Gasteiger partial charge in [0.15, 0.2) is 0 Å². The quantitative estimate of drug-likeness (QED) is 0.161. The number of hydrogen-bond acceptors (Lipinski definition) is 6. The molecule has 1 atom stereocenters. The number of hydrogen-bond donors (Lipinski definition) is 4. The Bertz CT molecular complexity index is 1060. The molecule has 0 fully saturated rings. The molecule has 0 radical (unpaired) electrons. The highest BCUT2D eigenvalue weighted by Crippen LogP contribution is 2.38. The van der Waals surface area contributed by atoms with Crippen LogP contribution in [0, 0.1) is 0 Å². The van der Waals surface area contributed by atoms with E-state index >= 15 is 0 Å². The van der Waals surface area contributed by atoms with E-state index in [0.717, 1.165) is 24.3 Å². The fourth-order valence-electron chi connectivity index (χ4n) is 3.20. The molecule has 208 valence electrons. The zero-order valence-corrected chi connectivity index (χ0v) is 20.2. The zero-order chi connectivity index (χ0) is 27.9. The van der Waals surface area contributed by atoms with Crippen molar-refractivity contribution in [2.45, 2.75) is 43.8 Å². The lowest BCUT2D eigenvalue weighted by Gasteiger charge is -2.27. The van der Waals surface area contributed by atoms with Gasteiger partial charge in [0.05, 0.1) is 30.9 Å². The molecule has 0 aliphatic carbocycles. The molecule has 5 N–H and O–H groups in total. The van der Waals surface area contributed by atoms with E-state index in [4.69, 9.17) is 20.3 Å². The van der Waals surface area contributed by atoms with Gasteiger partial charge < -0.3 is 30.1 Å². The Morgan fingerprint density at radius 3 is 2.08 bits per heavy atom. The summed E-state index contributed by atoms with van der Waals surface area (Å²) in [4.78, 5) is 17.6. The van der Waals surface area contributed by atoms with Gasteiger partial charge >= 0.3 is 20.4 Å². The minimum absolute atomic E-state index is 0.0566. The van der Waals surface area contributed by atoms with Gasteiger partial charge in [0, 0.05) is 0 Å². The van der Waals surface area contributed by atoms with Crippen molar-refractivity contribution >= 4 is 7.82 Å². The molecule has 2 aromatic rings. The van der Waals surface area contributed by atoms with Crippen LogP contribution >= 0.6 is 7.82 Å². The van der Waals surface area contributed by atoms with Gasteiger partial charge in [0.25, 0.3) is 0 Å². The normalized spacial score (nSPS) is 14.3. The number of benzene rings is 2. The van der Waals surface area contributed by atoms with E-state index in [1.54, 1.807) is 0 Å². The second-order valence-electron chi connectivity index (χ2n) is 8.26. The van der Waals surface area contributed by atoms with Crippen LogP contribution in [0.2, 0.25) is 0 Å². The van der Waals surface area contributed by atoms with Gasteiger partial charge in [-0.05, 0) is 61.1 Å². The van der Waals surface area contributed by atoms with Crippen molar-refractivity contribution in [1.29, 1.82) is 0 Å². The number of halogens is 6. The van der Waals surface area contributed by atoms with Crippen LogP contribution in [0.4, 0.5) is 26.3 Å². The standard InChI is InChI=1S/C22H26F6NO7P/c23-21(24,25)18-12-16(9-10-20(29,13-30)14-35-37(31,32)33)5-8-19(18)34-11-1-2-15-3-6-17(7-4-15)36-22(26,27)28/h3-8,12,30H,1-2,9-11,13-14,29H2,(H2,31,32,33). The van der Waals surface area contributed by atoms with Gasteiger partial charge in [-0.3, -0.25) is 4.52 Å². The summed E-state index contributed by atoms with van der Waals surface area (Å²) >= 11 is 0. The first-order chi connectivity index (χ1) is 17.0. The van der Waals surface area contributed by atoms with Crippen molar-refractivity contribution < 1.29 is 59.8 Å². The Labute approximate surface area is 208 Å². The van der Waals surface area contributed by atoms with E-state index in [9.17, 15) is 36.0 Å². The van der Waals surface area contributed by atoms with Crippen LogP contribution in [-0.2, 0) is 28.1 Å². The van der Waals surface area contributed by atoms with Crippen molar-refractivity contribution in [1.82, 2.24) is 0 Å². The maximum Gasteiger partial charge on any atom is 0.573 e. The minimum Gasteiger partial charge on any atom is -0.493 e. The highest BCUT2D eigenvalue weighted by atomic mass is 31.2. The molecule has 0 saturated carbocycles. The van der Waals surface area contributed by atoms with Gasteiger partial charge in [-0.25, -0.2) is 4.57 Å². The lowest BCUT2D eigenvalue weighted by atomic mass is 9.93. The second kappa shape index (κ2) is 12.5. The lowest BCUT2D eigenvalue weighted by molar-refractivity contribution is -0.274. The highest BCUT2D eigenvalue weighted by Gasteiger charge is 2.35. The molecule has 0 aromatic heterocycles. The number of aryl methyl sites for hydroxylation is 2. The van der Waals surface area contributed by atoms with Crippen molar-refractivity contribution in [3.63, 3.8) is 0 Å². The molecule has 37 heavy (non-hydrogen) atoms. The molecule has 0 bridgehead atoms. The molecule has 1 unspecified atom stereocenters. The maximum absolute atomic E-state index is 13.6. The van der Waals surface area contributed by atoms with Crippen molar-refractivity contribution in [3.8, 4) is 11.5 Å². The van der Waals surface area contributed by atoms with E-state index < -0.39 is 50.4 Å². The first kappa shape index (κ1) is 30.9. The Hall–Kier alpha value is -2.35. The van der Waals surface area contributed by atoms with Crippen LogP contribution in [0.25, 0.3) is 0 Å². The molecular formula is C22H26F6NO7P. The van der Waals surface area contributed by atoms with Gasteiger partial charge in [0.2, 0.25) is 0 Å². The summed E-state index contributed by atoms with van der Waals surface area (Å²) in [6.45, 7) is -1.53. The van der Waals surface area contributed by atoms with Crippen molar-refractivity contribution in [2.24, 2.45) is 5.73 Å². The van der Waals surface area contributed by atoms with E-state index in [1.165, 1.54) is 18.2 Å². The predicted molar refractivity (Wildman–Crippen MR) is 119 cm³/mol. The maximum atomic E-state index is 13.6. The average Bonchev–Trinajstić information content (AvgIpc) is 2.78. The summed E-state index contributed by atoms with van der Waals surface area (Å²) < 4.78 is 102. The molecule has 2 aromatic carbocycles. The molecule has 2 rings (SSSR count). The Morgan fingerprint density at radius 1 is 0.919 bits per heavy atom. The number of alkyl halides is 6. The number of nitrogens with two attached hydrogens (primary N) is 1. The van der Waals surface area contributed by atoms with Crippen LogP contribution in [0.3, 0.4) is 0 Å². The van der Waals surface area contributed by atoms with Crippen LogP contribution in [0.15, 0.2) is 42.5 Å². The van der Waals surface area contributed by atoms with E-state index in [-0.39, 0.29) is 37.2 Å². The SMILES string of the molecule is NC(CO)(CCc1ccc(OCCCc2ccc(OC(F)(F)F)cc2)c(C(F)(F)F)c1)COP(=O)(O)O. The van der Waals surface area contributed by atoms with Gasteiger partial charge in [-0.15, -0.1) is 13.2 Å². The molecule has 0 saturated heterocycles. The zero-order valence-electron chi connectivity index (χ0n) is 19.3. The van der Waals surface area contributed by atoms with Crippen molar-refractivity contribution in [2.75, 3.05) is 19.8 Å². The first-order valence-corrected chi connectivity index (χ1v) is 12.3. The molecule has 0 aliphatic rings. The molecule has 15 heteroatoms. The van der Waals surface area contributed by atoms with Crippen LogP contribution < -0.4 is 15.2 Å². The van der Waals surface area contributed by atoms with E-state index in [0.29, 0.717) is 12.0 Å². The highest BCUT2D eigenvalue weighted by molar-refractivity contribution is 7.46. The fourth-order valence-corrected chi connectivity index (χ4v) is 3.62. The monoisotopic (exact) mass is 561 g/mol. The lowest BCUT2D eigenvalue weighted by Crippen LogP contribution is -2.48. The van der Waals surface area contributed by atoms with E-state index in [1.807, 2.05) is 0 Å². The summed E-state index contributed by atoms with van der Waals surface area (Å²) in [5, 5.41) is 9.44. The third-order valence-electron chi connectivity index (χ3n) is 5.12. The molecule has 0 heterocycles. The van der Waals surface area contributed by atoms with Crippen LogP contribution in [0.5, 0.6) is 11.5 Å². The fraction of sp³-hybridized carbons (Fsp3) is 0.455. The second-order valence-corrected chi connectivity index (χ2v) is 9.50. The summed E-state index contributed by atoms with van der Waals surface area (Å²) in [7, 11) is -4.85. The minimum atomic E-state index is -4.85. The number of aliphatic hydroxyl groups is 1. The third-order valence-corrected chi connectivity index (χ3v) is 5.59. The number of rotatable bonds is 13. The summed E-state index contributed by atoms with van der Waals surface area (Å²) in [5.41, 5.74) is 4.05. The molecule has 0 aliphatic heterocycles. The largest absolute Gasteiger partial charge is 0.573 e. The summed E-state index contributed by atoms with van der Waals surface area (Å²) in [6.07, 6.45) is -9.13. The number of aliphatic hydroxyl groups excluding tert-OH is 1. The van der Waals surface area contributed by atoms with Crippen LogP contribution in [0.1, 0.15) is 29.5 Å². The number of phosphoric ester groups is 1. The first-order valence-electron chi connectivity index (χ1n) is 10.8. The Balaban J connectivity index is 1.97. The summed E-state index contributed by atoms with van der Waals surface area (Å²) in [5.74, 6) is -0.807. The van der Waals surface area contributed by atoms with Crippen LogP contribution in [-0.4, -0.2) is 46.6 Å². The Kier molecular flexibility index (Phi) is 10.4. The average molecular weight is 561 g/mol. The number of ether oxygens (including phenoxy) is 2. The Morgan fingerprint density at radius 2 is 1.54 bits per heavy atom. The third kappa shape index (κ3) is 11.3. The molecule has 0 amide bonds.